The van der Waals surface area contributed by atoms with Crippen molar-refractivity contribution < 1.29 is 5.11 Å². The van der Waals surface area contributed by atoms with Crippen LogP contribution in [0.5, 0.6) is 0 Å². The minimum absolute atomic E-state index is 0.311. The van der Waals surface area contributed by atoms with E-state index in [0.717, 1.165) is 18.1 Å². The van der Waals surface area contributed by atoms with Crippen LogP contribution in [0.3, 0.4) is 0 Å². The van der Waals surface area contributed by atoms with Crippen LogP contribution in [0.4, 0.5) is 0 Å². The smallest absolute Gasteiger partial charge is 0.104 e. The van der Waals surface area contributed by atoms with E-state index in [1.807, 2.05) is 11.8 Å². The summed E-state index contributed by atoms with van der Waals surface area (Å²) >= 11 is 1.91. The SMILES string of the molecule is CNC(O)CCCCC(C)SC. The van der Waals surface area contributed by atoms with Crippen molar-refractivity contribution in [1.29, 1.82) is 0 Å². The largest absolute Gasteiger partial charge is 0.379 e. The first-order valence-corrected chi connectivity index (χ1v) is 5.87. The first-order chi connectivity index (χ1) is 5.70. The van der Waals surface area contributed by atoms with Crippen LogP contribution < -0.4 is 5.32 Å². The van der Waals surface area contributed by atoms with Crippen molar-refractivity contribution in [2.24, 2.45) is 0 Å². The summed E-state index contributed by atoms with van der Waals surface area (Å²) in [4.78, 5) is 0. The highest BCUT2D eigenvalue weighted by molar-refractivity contribution is 7.99. The third-order valence-corrected chi connectivity index (χ3v) is 3.11. The molecule has 3 heteroatoms. The minimum Gasteiger partial charge on any atom is -0.379 e. The third kappa shape index (κ3) is 6.95. The van der Waals surface area contributed by atoms with E-state index in [9.17, 15) is 0 Å². The second-order valence-corrected chi connectivity index (χ2v) is 4.41. The lowest BCUT2D eigenvalue weighted by molar-refractivity contribution is 0.134. The van der Waals surface area contributed by atoms with Crippen LogP contribution in [-0.4, -0.2) is 29.9 Å². The molecule has 0 aromatic heterocycles. The van der Waals surface area contributed by atoms with Crippen molar-refractivity contribution in [1.82, 2.24) is 5.32 Å². The Kier molecular flexibility index (Phi) is 8.07. The van der Waals surface area contributed by atoms with Gasteiger partial charge in [0.1, 0.15) is 6.23 Å². The summed E-state index contributed by atoms with van der Waals surface area (Å²) in [5.41, 5.74) is 0. The molecule has 0 aromatic rings. The number of hydrogen-bond acceptors (Lipinski definition) is 3. The molecule has 0 spiro atoms. The summed E-state index contributed by atoms with van der Waals surface area (Å²) in [6.45, 7) is 2.25. The average Bonchev–Trinajstić information content (AvgIpc) is 2.11. The Labute approximate surface area is 80.1 Å². The summed E-state index contributed by atoms with van der Waals surface area (Å²) < 4.78 is 0. The average molecular weight is 191 g/mol. The fourth-order valence-corrected chi connectivity index (χ4v) is 1.43. The van der Waals surface area contributed by atoms with Gasteiger partial charge in [0.05, 0.1) is 0 Å². The Balaban J connectivity index is 3.10. The van der Waals surface area contributed by atoms with Crippen LogP contribution in [0, 0.1) is 0 Å². The van der Waals surface area contributed by atoms with Gasteiger partial charge in [0.2, 0.25) is 0 Å². The maximum Gasteiger partial charge on any atom is 0.104 e. The lowest BCUT2D eigenvalue weighted by atomic mass is 10.1. The molecule has 0 radical (unpaired) electrons. The predicted octanol–water partition coefficient (Wildman–Crippen LogP) is 1.84. The molecule has 0 heterocycles. The quantitative estimate of drug-likeness (QED) is 0.476. The van der Waals surface area contributed by atoms with E-state index < -0.39 is 0 Å². The van der Waals surface area contributed by atoms with Crippen LogP contribution >= 0.6 is 11.8 Å². The van der Waals surface area contributed by atoms with Crippen molar-refractivity contribution in [3.63, 3.8) is 0 Å². The molecular formula is C9H21NOS. The van der Waals surface area contributed by atoms with Gasteiger partial charge in [-0.3, -0.25) is 5.32 Å². The fourth-order valence-electron chi connectivity index (χ4n) is 1.03. The van der Waals surface area contributed by atoms with Crippen molar-refractivity contribution >= 4 is 11.8 Å². The van der Waals surface area contributed by atoms with Crippen molar-refractivity contribution in [2.45, 2.75) is 44.1 Å². The van der Waals surface area contributed by atoms with E-state index in [0.29, 0.717) is 0 Å². The predicted molar refractivity (Wildman–Crippen MR) is 56.5 cm³/mol. The second-order valence-electron chi connectivity index (χ2n) is 3.14. The van der Waals surface area contributed by atoms with Crippen molar-refractivity contribution in [3.05, 3.63) is 0 Å². The molecule has 0 aliphatic rings. The number of nitrogens with one attached hydrogen (secondary N) is 1. The van der Waals surface area contributed by atoms with Crippen molar-refractivity contribution in [2.75, 3.05) is 13.3 Å². The summed E-state index contributed by atoms with van der Waals surface area (Å²) in [5.74, 6) is 0. The fraction of sp³-hybridized carbons (Fsp3) is 1.00. The zero-order chi connectivity index (χ0) is 9.40. The Hall–Kier alpha value is 0.270. The molecule has 0 aliphatic heterocycles. The highest BCUT2D eigenvalue weighted by atomic mass is 32.2. The first-order valence-electron chi connectivity index (χ1n) is 4.58. The molecule has 2 unspecified atom stereocenters. The summed E-state index contributed by atoms with van der Waals surface area (Å²) in [5, 5.41) is 12.7. The Morgan fingerprint density at radius 2 is 1.92 bits per heavy atom. The molecule has 0 saturated carbocycles. The summed E-state index contributed by atoms with van der Waals surface area (Å²) in [6.07, 6.45) is 6.31. The number of thioether (sulfide) groups is 1. The van der Waals surface area contributed by atoms with Crippen LogP contribution in [0.2, 0.25) is 0 Å². The van der Waals surface area contributed by atoms with Crippen LogP contribution in [0.15, 0.2) is 0 Å². The molecule has 0 saturated heterocycles. The highest BCUT2D eigenvalue weighted by Gasteiger charge is 2.01. The Morgan fingerprint density at radius 3 is 2.42 bits per heavy atom. The summed E-state index contributed by atoms with van der Waals surface area (Å²) in [6, 6.07) is 0. The van der Waals surface area contributed by atoms with E-state index in [2.05, 4.69) is 18.5 Å². The third-order valence-electron chi connectivity index (χ3n) is 2.07. The van der Waals surface area contributed by atoms with Gasteiger partial charge in [-0.15, -0.1) is 0 Å². The van der Waals surface area contributed by atoms with Gasteiger partial charge in [-0.1, -0.05) is 13.3 Å². The maximum absolute atomic E-state index is 9.16. The van der Waals surface area contributed by atoms with Gasteiger partial charge in [-0.2, -0.15) is 11.8 Å². The van der Waals surface area contributed by atoms with Gasteiger partial charge in [-0.25, -0.2) is 0 Å². The van der Waals surface area contributed by atoms with Gasteiger partial charge < -0.3 is 5.11 Å². The molecule has 0 bridgehead atoms. The van der Waals surface area contributed by atoms with Gasteiger partial charge >= 0.3 is 0 Å². The van der Waals surface area contributed by atoms with Crippen molar-refractivity contribution in [3.8, 4) is 0 Å². The molecule has 12 heavy (non-hydrogen) atoms. The number of rotatable bonds is 7. The zero-order valence-electron chi connectivity index (χ0n) is 8.34. The van der Waals surface area contributed by atoms with Crippen LogP contribution in [0.1, 0.15) is 32.6 Å². The minimum atomic E-state index is -0.311. The molecule has 0 fully saturated rings. The number of aliphatic hydroxyl groups is 1. The number of unbranched alkanes of at least 4 members (excludes halogenated alkanes) is 1. The topological polar surface area (TPSA) is 32.3 Å². The lowest BCUT2D eigenvalue weighted by Gasteiger charge is -2.10. The second kappa shape index (κ2) is 7.90. The normalized spacial score (nSPS) is 16.0. The highest BCUT2D eigenvalue weighted by Crippen LogP contribution is 2.14. The number of hydrogen-bond donors (Lipinski definition) is 2. The lowest BCUT2D eigenvalue weighted by Crippen LogP contribution is -2.23. The molecule has 2 nitrogen and oxygen atoms in total. The molecule has 74 valence electrons. The van der Waals surface area contributed by atoms with Gasteiger partial charge in [0.15, 0.2) is 0 Å². The van der Waals surface area contributed by atoms with E-state index in [1.165, 1.54) is 12.8 Å². The molecule has 0 rings (SSSR count). The Morgan fingerprint density at radius 1 is 1.33 bits per heavy atom. The van der Waals surface area contributed by atoms with E-state index >= 15 is 0 Å². The number of aliphatic hydroxyl groups excluding tert-OH is 1. The van der Waals surface area contributed by atoms with Gasteiger partial charge in [0.25, 0.3) is 0 Å². The van der Waals surface area contributed by atoms with E-state index in [-0.39, 0.29) is 6.23 Å². The Bertz CT molecular complexity index is 88.5. The maximum atomic E-state index is 9.16. The first kappa shape index (κ1) is 12.3. The van der Waals surface area contributed by atoms with Crippen LogP contribution in [0.25, 0.3) is 0 Å². The molecule has 0 aliphatic carbocycles. The molecule has 0 aromatic carbocycles. The van der Waals surface area contributed by atoms with Gasteiger partial charge in [0, 0.05) is 5.25 Å². The summed E-state index contributed by atoms with van der Waals surface area (Å²) in [7, 11) is 1.79. The molecule has 2 atom stereocenters. The van der Waals surface area contributed by atoms with Gasteiger partial charge in [-0.05, 0) is 32.6 Å². The monoisotopic (exact) mass is 191 g/mol. The van der Waals surface area contributed by atoms with Crippen LogP contribution in [-0.2, 0) is 0 Å². The molecule has 0 amide bonds. The van der Waals surface area contributed by atoms with E-state index in [4.69, 9.17) is 5.11 Å². The standard InChI is InChI=1S/C9H21NOS/c1-8(12-3)6-4-5-7-9(11)10-2/h8-11H,4-7H2,1-3H3. The molecule has 2 N–H and O–H groups in total. The zero-order valence-corrected chi connectivity index (χ0v) is 9.16. The van der Waals surface area contributed by atoms with E-state index in [1.54, 1.807) is 7.05 Å². The molecular weight excluding hydrogens is 170 g/mol.